The summed E-state index contributed by atoms with van der Waals surface area (Å²) in [5.41, 5.74) is 3.85. The van der Waals surface area contributed by atoms with Gasteiger partial charge in [-0.1, -0.05) is 60.7 Å². The van der Waals surface area contributed by atoms with Crippen LogP contribution in [0.3, 0.4) is 0 Å². The second kappa shape index (κ2) is 10.1. The topological polar surface area (TPSA) is 73.5 Å². The molecule has 3 rings (SSSR count). The summed E-state index contributed by atoms with van der Waals surface area (Å²) in [5, 5.41) is 8.56. The van der Waals surface area contributed by atoms with Crippen molar-refractivity contribution in [1.29, 1.82) is 0 Å². The Bertz CT molecular complexity index is 989. The van der Waals surface area contributed by atoms with Gasteiger partial charge >= 0.3 is 6.03 Å². The van der Waals surface area contributed by atoms with Crippen molar-refractivity contribution >= 4 is 23.3 Å². The fourth-order valence-corrected chi connectivity index (χ4v) is 3.01. The maximum Gasteiger partial charge on any atom is 0.319 e. The lowest BCUT2D eigenvalue weighted by Crippen LogP contribution is -2.29. The normalized spacial score (nSPS) is 10.2. The molecule has 0 fully saturated rings. The van der Waals surface area contributed by atoms with E-state index in [0.717, 1.165) is 16.8 Å². The van der Waals surface area contributed by atoms with E-state index in [0.29, 0.717) is 24.3 Å². The van der Waals surface area contributed by atoms with Crippen molar-refractivity contribution in [2.75, 3.05) is 24.3 Å². The molecule has 0 heterocycles. The molecule has 6 nitrogen and oxygen atoms in total. The lowest BCUT2D eigenvalue weighted by Gasteiger charge is -2.18. The molecule has 6 heteroatoms. The summed E-state index contributed by atoms with van der Waals surface area (Å²) in [6.45, 7) is 0.856. The molecule has 0 unspecified atom stereocenters. The molecule has 3 aromatic carbocycles. The second-order valence-corrected chi connectivity index (χ2v) is 7.09. The van der Waals surface area contributed by atoms with E-state index < -0.39 is 0 Å². The van der Waals surface area contributed by atoms with Crippen LogP contribution in [-0.2, 0) is 13.1 Å². The Balaban J connectivity index is 1.67. The van der Waals surface area contributed by atoms with Crippen molar-refractivity contribution in [3.05, 3.63) is 95.6 Å². The number of nitrogens with zero attached hydrogens (tertiary/aromatic N) is 1. The molecule has 0 spiro atoms. The first-order valence-corrected chi connectivity index (χ1v) is 9.75. The monoisotopic (exact) mass is 402 g/mol. The van der Waals surface area contributed by atoms with Gasteiger partial charge in [-0.15, -0.1) is 0 Å². The average Bonchev–Trinajstić information content (AvgIpc) is 2.77. The highest BCUT2D eigenvalue weighted by Gasteiger charge is 2.15. The molecule has 154 valence electrons. The van der Waals surface area contributed by atoms with E-state index >= 15 is 0 Å². The molecule has 0 radical (unpaired) electrons. The van der Waals surface area contributed by atoms with Gasteiger partial charge in [-0.25, -0.2) is 4.79 Å². The SMILES string of the molecule is CN(C)c1ccc(NC(=O)NCc2ccccc2)cc1C(=O)NCc1ccccc1. The molecule has 0 aliphatic rings. The van der Waals surface area contributed by atoms with Crippen LogP contribution in [0.25, 0.3) is 0 Å². The van der Waals surface area contributed by atoms with Crippen LogP contribution in [0, 0.1) is 0 Å². The number of amides is 3. The van der Waals surface area contributed by atoms with E-state index in [9.17, 15) is 9.59 Å². The fourth-order valence-electron chi connectivity index (χ4n) is 3.01. The van der Waals surface area contributed by atoms with Gasteiger partial charge in [0.15, 0.2) is 0 Å². The van der Waals surface area contributed by atoms with Crippen molar-refractivity contribution in [3.8, 4) is 0 Å². The first-order valence-electron chi connectivity index (χ1n) is 9.75. The number of hydrogen-bond donors (Lipinski definition) is 3. The third-order valence-electron chi connectivity index (χ3n) is 4.57. The van der Waals surface area contributed by atoms with E-state index in [1.165, 1.54) is 0 Å². The van der Waals surface area contributed by atoms with Crippen LogP contribution in [0.1, 0.15) is 21.5 Å². The summed E-state index contributed by atoms with van der Waals surface area (Å²) in [7, 11) is 3.76. The van der Waals surface area contributed by atoms with Crippen molar-refractivity contribution in [1.82, 2.24) is 10.6 Å². The van der Waals surface area contributed by atoms with E-state index in [1.807, 2.05) is 85.7 Å². The van der Waals surface area contributed by atoms with Gasteiger partial charge < -0.3 is 20.9 Å². The molecule has 3 aromatic rings. The second-order valence-electron chi connectivity index (χ2n) is 7.09. The minimum absolute atomic E-state index is 0.198. The number of nitrogens with one attached hydrogen (secondary N) is 3. The zero-order chi connectivity index (χ0) is 21.3. The van der Waals surface area contributed by atoms with E-state index in [2.05, 4.69) is 16.0 Å². The van der Waals surface area contributed by atoms with Crippen LogP contribution in [0.15, 0.2) is 78.9 Å². The molecular formula is C24H26N4O2. The number of urea groups is 1. The minimum atomic E-state index is -0.327. The average molecular weight is 402 g/mol. The molecule has 0 saturated carbocycles. The third kappa shape index (κ3) is 5.85. The van der Waals surface area contributed by atoms with Crippen molar-refractivity contribution in [2.24, 2.45) is 0 Å². The highest BCUT2D eigenvalue weighted by Crippen LogP contribution is 2.23. The standard InChI is InChI=1S/C24H26N4O2/c1-28(2)22-14-13-20(27-24(30)26-17-19-11-7-4-8-12-19)15-21(22)23(29)25-16-18-9-5-3-6-10-18/h3-15H,16-17H2,1-2H3,(H,25,29)(H2,26,27,30). The zero-order valence-electron chi connectivity index (χ0n) is 17.2. The van der Waals surface area contributed by atoms with E-state index in [-0.39, 0.29) is 11.9 Å². The summed E-state index contributed by atoms with van der Waals surface area (Å²) >= 11 is 0. The maximum atomic E-state index is 12.8. The molecule has 0 aromatic heterocycles. The molecule has 3 amide bonds. The van der Waals surface area contributed by atoms with Crippen LogP contribution in [-0.4, -0.2) is 26.0 Å². The van der Waals surface area contributed by atoms with Crippen LogP contribution >= 0.6 is 0 Å². The minimum Gasteiger partial charge on any atom is -0.377 e. The van der Waals surface area contributed by atoms with Crippen molar-refractivity contribution in [3.63, 3.8) is 0 Å². The summed E-state index contributed by atoms with van der Waals surface area (Å²) in [6, 6.07) is 24.4. The Morgan fingerprint density at radius 1 is 0.767 bits per heavy atom. The lowest BCUT2D eigenvalue weighted by atomic mass is 10.1. The Morgan fingerprint density at radius 2 is 1.33 bits per heavy atom. The molecule has 30 heavy (non-hydrogen) atoms. The number of benzene rings is 3. The van der Waals surface area contributed by atoms with Gasteiger partial charge in [0.2, 0.25) is 0 Å². The zero-order valence-corrected chi connectivity index (χ0v) is 17.2. The highest BCUT2D eigenvalue weighted by molar-refractivity contribution is 6.01. The summed E-state index contributed by atoms with van der Waals surface area (Å²) < 4.78 is 0. The van der Waals surface area contributed by atoms with Gasteiger partial charge in [-0.05, 0) is 29.3 Å². The molecular weight excluding hydrogens is 376 g/mol. The van der Waals surface area contributed by atoms with Crippen LogP contribution in [0.4, 0.5) is 16.2 Å². The number of rotatable bonds is 7. The van der Waals surface area contributed by atoms with Crippen LogP contribution in [0.5, 0.6) is 0 Å². The molecule has 0 saturated heterocycles. The summed E-state index contributed by atoms with van der Waals surface area (Å²) in [5.74, 6) is -0.198. The lowest BCUT2D eigenvalue weighted by molar-refractivity contribution is 0.0951. The van der Waals surface area contributed by atoms with Gasteiger partial charge in [-0.2, -0.15) is 0 Å². The van der Waals surface area contributed by atoms with Gasteiger partial charge in [0.05, 0.1) is 5.56 Å². The molecule has 0 aliphatic heterocycles. The predicted molar refractivity (Wildman–Crippen MR) is 121 cm³/mol. The number of anilines is 2. The first kappa shape index (κ1) is 20.9. The van der Waals surface area contributed by atoms with Crippen LogP contribution < -0.4 is 20.9 Å². The number of carbonyl (C=O) groups is 2. The molecule has 3 N–H and O–H groups in total. The Kier molecular flexibility index (Phi) is 7.05. The third-order valence-corrected chi connectivity index (χ3v) is 4.57. The van der Waals surface area contributed by atoms with Gasteiger partial charge in [0.25, 0.3) is 5.91 Å². The largest absolute Gasteiger partial charge is 0.377 e. The van der Waals surface area contributed by atoms with E-state index in [1.54, 1.807) is 12.1 Å². The quantitative estimate of drug-likeness (QED) is 0.559. The first-order chi connectivity index (χ1) is 14.5. The fraction of sp³-hybridized carbons (Fsp3) is 0.167. The molecule has 0 aliphatic carbocycles. The smallest absolute Gasteiger partial charge is 0.319 e. The Morgan fingerprint density at radius 3 is 1.90 bits per heavy atom. The predicted octanol–water partition coefficient (Wildman–Crippen LogP) is 4.00. The summed E-state index contributed by atoms with van der Waals surface area (Å²) in [4.78, 5) is 27.0. The Labute approximate surface area is 176 Å². The highest BCUT2D eigenvalue weighted by atomic mass is 16.2. The molecule has 0 atom stereocenters. The number of carbonyl (C=O) groups excluding carboxylic acids is 2. The van der Waals surface area contributed by atoms with E-state index in [4.69, 9.17) is 0 Å². The molecule has 0 bridgehead atoms. The maximum absolute atomic E-state index is 12.8. The van der Waals surface area contributed by atoms with Gasteiger partial charge in [0, 0.05) is 38.6 Å². The Hall–Kier alpha value is -3.80. The van der Waals surface area contributed by atoms with Crippen LogP contribution in [0.2, 0.25) is 0 Å². The van der Waals surface area contributed by atoms with Gasteiger partial charge in [-0.3, -0.25) is 4.79 Å². The van der Waals surface area contributed by atoms with Crippen molar-refractivity contribution < 1.29 is 9.59 Å². The summed E-state index contributed by atoms with van der Waals surface area (Å²) in [6.07, 6.45) is 0. The van der Waals surface area contributed by atoms with Gasteiger partial charge in [0.1, 0.15) is 0 Å². The number of hydrogen-bond acceptors (Lipinski definition) is 3. The van der Waals surface area contributed by atoms with Crippen molar-refractivity contribution in [2.45, 2.75) is 13.1 Å².